The van der Waals surface area contributed by atoms with Gasteiger partial charge in [-0.05, 0) is 47.5 Å². The van der Waals surface area contributed by atoms with Gasteiger partial charge in [0.2, 0.25) is 0 Å². The van der Waals surface area contributed by atoms with Crippen LogP contribution in [0.15, 0.2) is 60.7 Å². The maximum Gasteiger partial charge on any atom is 0.118 e. The van der Waals surface area contributed by atoms with Gasteiger partial charge in [0.05, 0.1) is 14.2 Å². The molecule has 0 bridgehead atoms. The van der Waals surface area contributed by atoms with Gasteiger partial charge in [0.15, 0.2) is 0 Å². The molecule has 0 amide bonds. The second kappa shape index (κ2) is 9.50. The third kappa shape index (κ3) is 4.98. The molecular weight excluding hydrogens is 391 g/mol. The molecule has 0 unspecified atom stereocenters. The second-order valence-electron chi connectivity index (χ2n) is 6.07. The van der Waals surface area contributed by atoms with E-state index in [0.29, 0.717) is 10.0 Å². The zero-order chi connectivity index (χ0) is 19.9. The Kier molecular flexibility index (Phi) is 6.80. The molecule has 3 rings (SSSR count). The fourth-order valence-electron chi connectivity index (χ4n) is 2.71. The molecule has 0 saturated carbocycles. The second-order valence-corrected chi connectivity index (χ2v) is 6.88. The molecular formula is C24H20Cl2O2. The summed E-state index contributed by atoms with van der Waals surface area (Å²) < 4.78 is 10.4. The Balaban J connectivity index is 1.91. The highest BCUT2D eigenvalue weighted by molar-refractivity contribution is 6.35. The summed E-state index contributed by atoms with van der Waals surface area (Å²) in [5, 5.41) is 1.28. The molecule has 0 N–H and O–H groups in total. The van der Waals surface area contributed by atoms with Gasteiger partial charge in [0.25, 0.3) is 0 Å². The zero-order valence-corrected chi connectivity index (χ0v) is 17.2. The van der Waals surface area contributed by atoms with E-state index in [4.69, 9.17) is 32.7 Å². The summed E-state index contributed by atoms with van der Waals surface area (Å²) in [4.78, 5) is 0. The predicted molar refractivity (Wildman–Crippen MR) is 120 cm³/mol. The van der Waals surface area contributed by atoms with Crippen molar-refractivity contribution in [3.05, 3.63) is 93.0 Å². The molecule has 0 spiro atoms. The van der Waals surface area contributed by atoms with Crippen molar-refractivity contribution in [2.45, 2.75) is 0 Å². The normalized spacial score (nSPS) is 11.3. The zero-order valence-electron chi connectivity index (χ0n) is 15.7. The van der Waals surface area contributed by atoms with Crippen LogP contribution in [0.25, 0.3) is 24.3 Å². The first kappa shape index (κ1) is 20.1. The number of ether oxygens (including phenoxy) is 2. The molecule has 0 heterocycles. The maximum absolute atomic E-state index is 6.46. The van der Waals surface area contributed by atoms with E-state index in [9.17, 15) is 0 Å². The Labute approximate surface area is 175 Å². The van der Waals surface area contributed by atoms with Crippen molar-refractivity contribution in [3.8, 4) is 11.5 Å². The monoisotopic (exact) mass is 410 g/mol. The highest BCUT2D eigenvalue weighted by atomic mass is 35.5. The first-order valence-corrected chi connectivity index (χ1v) is 9.48. The molecule has 28 heavy (non-hydrogen) atoms. The summed E-state index contributed by atoms with van der Waals surface area (Å²) in [6.45, 7) is 0. The fraction of sp³-hybridized carbons (Fsp3) is 0.0833. The molecule has 0 aliphatic carbocycles. The Morgan fingerprint density at radius 1 is 0.536 bits per heavy atom. The molecule has 4 heteroatoms. The molecule has 3 aromatic rings. The van der Waals surface area contributed by atoms with Crippen LogP contribution in [0.3, 0.4) is 0 Å². The van der Waals surface area contributed by atoms with E-state index in [0.717, 1.165) is 33.8 Å². The number of hydrogen-bond donors (Lipinski definition) is 0. The van der Waals surface area contributed by atoms with Crippen molar-refractivity contribution in [2.75, 3.05) is 14.2 Å². The average molecular weight is 411 g/mol. The van der Waals surface area contributed by atoms with Crippen molar-refractivity contribution < 1.29 is 9.47 Å². The van der Waals surface area contributed by atoms with Crippen LogP contribution in [-0.4, -0.2) is 14.2 Å². The largest absolute Gasteiger partial charge is 0.497 e. The molecule has 0 atom stereocenters. The summed E-state index contributed by atoms with van der Waals surface area (Å²) in [6, 6.07) is 19.2. The lowest BCUT2D eigenvalue weighted by molar-refractivity contribution is 0.414. The third-order valence-electron chi connectivity index (χ3n) is 4.30. The summed E-state index contributed by atoms with van der Waals surface area (Å²) in [7, 11) is 3.30. The van der Waals surface area contributed by atoms with Gasteiger partial charge < -0.3 is 9.47 Å². The third-order valence-corrected chi connectivity index (χ3v) is 4.96. The van der Waals surface area contributed by atoms with Crippen LogP contribution < -0.4 is 9.47 Å². The topological polar surface area (TPSA) is 18.5 Å². The molecule has 0 saturated heterocycles. The van der Waals surface area contributed by atoms with Gasteiger partial charge in [-0.2, -0.15) is 0 Å². The van der Waals surface area contributed by atoms with Crippen LogP contribution in [0, 0.1) is 0 Å². The van der Waals surface area contributed by atoms with Gasteiger partial charge >= 0.3 is 0 Å². The molecule has 0 fully saturated rings. The van der Waals surface area contributed by atoms with E-state index in [1.165, 1.54) is 0 Å². The van der Waals surface area contributed by atoms with Crippen molar-refractivity contribution in [3.63, 3.8) is 0 Å². The predicted octanol–water partition coefficient (Wildman–Crippen LogP) is 7.35. The smallest absolute Gasteiger partial charge is 0.118 e. The van der Waals surface area contributed by atoms with Crippen molar-refractivity contribution >= 4 is 47.5 Å². The first-order chi connectivity index (χ1) is 13.6. The molecule has 142 valence electrons. The van der Waals surface area contributed by atoms with Crippen LogP contribution in [0.1, 0.15) is 22.3 Å². The van der Waals surface area contributed by atoms with Crippen LogP contribution >= 0.6 is 23.2 Å². The van der Waals surface area contributed by atoms with E-state index in [-0.39, 0.29) is 0 Å². The number of hydrogen-bond acceptors (Lipinski definition) is 2. The summed E-state index contributed by atoms with van der Waals surface area (Å²) in [5.74, 6) is 1.64. The van der Waals surface area contributed by atoms with E-state index >= 15 is 0 Å². The van der Waals surface area contributed by atoms with Gasteiger partial charge in [-0.15, -0.1) is 0 Å². The lowest BCUT2D eigenvalue weighted by atomic mass is 10.0. The summed E-state index contributed by atoms with van der Waals surface area (Å²) in [6.07, 6.45) is 7.96. The van der Waals surface area contributed by atoms with Gasteiger partial charge in [-0.3, -0.25) is 0 Å². The summed E-state index contributed by atoms with van der Waals surface area (Å²) >= 11 is 12.9. The minimum Gasteiger partial charge on any atom is -0.497 e. The fourth-order valence-corrected chi connectivity index (χ4v) is 3.17. The van der Waals surface area contributed by atoms with Crippen molar-refractivity contribution in [1.82, 2.24) is 0 Å². The molecule has 0 aliphatic rings. The minimum atomic E-state index is 0.642. The van der Waals surface area contributed by atoms with Gasteiger partial charge in [-0.1, -0.05) is 71.8 Å². The van der Waals surface area contributed by atoms with Gasteiger partial charge in [-0.25, -0.2) is 0 Å². The van der Waals surface area contributed by atoms with Gasteiger partial charge in [0, 0.05) is 21.2 Å². The lowest BCUT2D eigenvalue weighted by Gasteiger charge is -2.07. The van der Waals surface area contributed by atoms with Crippen LogP contribution in [-0.2, 0) is 0 Å². The molecule has 0 aliphatic heterocycles. The quantitative estimate of drug-likeness (QED) is 0.395. The van der Waals surface area contributed by atoms with Crippen LogP contribution in [0.4, 0.5) is 0 Å². The lowest BCUT2D eigenvalue weighted by Crippen LogP contribution is -1.86. The van der Waals surface area contributed by atoms with E-state index in [2.05, 4.69) is 0 Å². The maximum atomic E-state index is 6.46. The minimum absolute atomic E-state index is 0.642. The highest BCUT2D eigenvalue weighted by Gasteiger charge is 2.07. The number of halogens is 2. The number of benzene rings is 3. The van der Waals surface area contributed by atoms with Crippen molar-refractivity contribution in [2.24, 2.45) is 0 Å². The Hall–Kier alpha value is -2.68. The molecule has 3 aromatic carbocycles. The Bertz CT molecular complexity index is 906. The standard InChI is InChI=1S/C24H20Cl2O2/c1-27-19-9-3-17(4-10-19)7-13-21-22(24(26)16-15-23(21)25)14-8-18-5-11-20(28-2)12-6-18/h3-16H,1-2H3/b13-7-,14-8-. The summed E-state index contributed by atoms with van der Waals surface area (Å²) in [5.41, 5.74) is 3.83. The number of rotatable bonds is 6. The van der Waals surface area contributed by atoms with E-state index < -0.39 is 0 Å². The van der Waals surface area contributed by atoms with E-state index in [1.54, 1.807) is 14.2 Å². The molecule has 0 radical (unpaired) electrons. The number of methoxy groups -OCH3 is 2. The van der Waals surface area contributed by atoms with E-state index in [1.807, 2.05) is 85.0 Å². The Morgan fingerprint density at radius 2 is 0.893 bits per heavy atom. The van der Waals surface area contributed by atoms with Crippen LogP contribution in [0.5, 0.6) is 11.5 Å². The van der Waals surface area contributed by atoms with Gasteiger partial charge in [0.1, 0.15) is 11.5 Å². The highest BCUT2D eigenvalue weighted by Crippen LogP contribution is 2.31. The Morgan fingerprint density at radius 3 is 1.21 bits per heavy atom. The average Bonchev–Trinajstić information content (AvgIpc) is 2.74. The SMILES string of the molecule is COc1ccc(/C=C\c2c(Cl)ccc(Cl)c2/C=C\c2ccc(OC)cc2)cc1. The molecule has 0 aromatic heterocycles. The van der Waals surface area contributed by atoms with Crippen LogP contribution in [0.2, 0.25) is 10.0 Å². The van der Waals surface area contributed by atoms with Crippen molar-refractivity contribution in [1.29, 1.82) is 0 Å². The first-order valence-electron chi connectivity index (χ1n) is 8.73. The molecule has 2 nitrogen and oxygen atoms in total.